The van der Waals surface area contributed by atoms with Crippen LogP contribution in [0, 0.1) is 0 Å². The van der Waals surface area contributed by atoms with Gasteiger partial charge in [-0.2, -0.15) is 4.31 Å². The molecule has 2 aromatic rings. The summed E-state index contributed by atoms with van der Waals surface area (Å²) >= 11 is 7.40. The van der Waals surface area contributed by atoms with Gasteiger partial charge in [0.05, 0.1) is 11.4 Å². The summed E-state index contributed by atoms with van der Waals surface area (Å²) in [6, 6.07) is 5.29. The van der Waals surface area contributed by atoms with Gasteiger partial charge >= 0.3 is 0 Å². The number of carbonyl (C=O) groups excluding carboxylic acids is 1. The van der Waals surface area contributed by atoms with E-state index in [1.807, 2.05) is 0 Å². The van der Waals surface area contributed by atoms with Gasteiger partial charge in [0.1, 0.15) is 6.04 Å². The van der Waals surface area contributed by atoms with Crippen molar-refractivity contribution in [3.05, 3.63) is 40.4 Å². The first-order valence-electron chi connectivity index (χ1n) is 10.1. The van der Waals surface area contributed by atoms with Gasteiger partial charge < -0.3 is 10.2 Å². The number of amides is 1. The highest BCUT2D eigenvalue weighted by atomic mass is 35.5. The average molecular weight is 471 g/mol. The normalized spacial score (nSPS) is 17.6. The van der Waals surface area contributed by atoms with E-state index in [1.165, 1.54) is 27.8 Å². The predicted molar refractivity (Wildman–Crippen MR) is 121 cm³/mol. The molecule has 1 aromatic carbocycles. The molecular formula is C20H27ClN4O3S2. The van der Waals surface area contributed by atoms with E-state index < -0.39 is 16.1 Å². The standard InChI is InChI=1S/C20H27ClN4O3S2/c1-3-24(4-2)20-23-13-16(29-20)14-25(18-7-5-6-12-22-19(18)26)30(27,28)17-10-8-15(21)9-11-17/h8-11,13,18H,3-7,12,14H2,1-2H3,(H,22,26)/t18-/m1/s1. The Kier molecular flexibility index (Phi) is 7.73. The number of thiazole rings is 1. The summed E-state index contributed by atoms with van der Waals surface area (Å²) in [4.78, 5) is 20.2. The number of aromatic nitrogens is 1. The molecule has 1 atom stereocenters. The molecule has 0 unspecified atom stereocenters. The van der Waals surface area contributed by atoms with Gasteiger partial charge in [0.15, 0.2) is 5.13 Å². The van der Waals surface area contributed by atoms with Crippen LogP contribution < -0.4 is 10.2 Å². The Morgan fingerprint density at radius 2 is 1.90 bits per heavy atom. The van der Waals surface area contributed by atoms with Gasteiger partial charge in [0.2, 0.25) is 15.9 Å². The summed E-state index contributed by atoms with van der Waals surface area (Å²) < 4.78 is 28.4. The van der Waals surface area contributed by atoms with Crippen LogP contribution in [0.2, 0.25) is 5.02 Å². The van der Waals surface area contributed by atoms with Gasteiger partial charge in [0.25, 0.3) is 0 Å². The van der Waals surface area contributed by atoms with Gasteiger partial charge in [-0.05, 0) is 57.4 Å². The fourth-order valence-corrected chi connectivity index (χ4v) is 6.31. The van der Waals surface area contributed by atoms with E-state index in [4.69, 9.17) is 11.6 Å². The summed E-state index contributed by atoms with van der Waals surface area (Å²) in [5.74, 6) is -0.251. The molecule has 0 spiro atoms. The Morgan fingerprint density at radius 1 is 1.20 bits per heavy atom. The molecule has 1 amide bonds. The fourth-order valence-electron chi connectivity index (χ4n) is 3.47. The Hall–Kier alpha value is -1.68. The summed E-state index contributed by atoms with van der Waals surface area (Å²) in [6.07, 6.45) is 3.81. The van der Waals surface area contributed by atoms with Crippen LogP contribution in [0.5, 0.6) is 0 Å². The fraction of sp³-hybridized carbons (Fsp3) is 0.500. The number of rotatable bonds is 8. The number of anilines is 1. The van der Waals surface area contributed by atoms with Crippen LogP contribution in [-0.4, -0.2) is 49.3 Å². The van der Waals surface area contributed by atoms with E-state index in [2.05, 4.69) is 29.0 Å². The van der Waals surface area contributed by atoms with Crippen LogP contribution in [0.15, 0.2) is 35.4 Å². The van der Waals surface area contributed by atoms with Crippen molar-refractivity contribution in [3.63, 3.8) is 0 Å². The number of hydrogen-bond donors (Lipinski definition) is 1. The van der Waals surface area contributed by atoms with Crippen molar-refractivity contribution in [2.45, 2.75) is 50.6 Å². The molecule has 164 valence electrons. The van der Waals surface area contributed by atoms with Crippen LogP contribution in [0.1, 0.15) is 38.0 Å². The molecular weight excluding hydrogens is 444 g/mol. The highest BCUT2D eigenvalue weighted by Crippen LogP contribution is 2.29. The molecule has 1 saturated heterocycles. The molecule has 30 heavy (non-hydrogen) atoms. The minimum atomic E-state index is -3.91. The highest BCUT2D eigenvalue weighted by Gasteiger charge is 2.37. The summed E-state index contributed by atoms with van der Waals surface area (Å²) in [6.45, 7) is 6.41. The van der Waals surface area contributed by atoms with Gasteiger partial charge in [-0.25, -0.2) is 13.4 Å². The zero-order valence-corrected chi connectivity index (χ0v) is 19.6. The maximum atomic E-state index is 13.5. The molecule has 0 aliphatic carbocycles. The van der Waals surface area contributed by atoms with Crippen LogP contribution in [0.4, 0.5) is 5.13 Å². The molecule has 7 nitrogen and oxygen atoms in total. The first-order valence-corrected chi connectivity index (χ1v) is 12.7. The van der Waals surface area contributed by atoms with Gasteiger partial charge in [-0.15, -0.1) is 11.3 Å². The van der Waals surface area contributed by atoms with Crippen molar-refractivity contribution >= 4 is 44.0 Å². The zero-order chi connectivity index (χ0) is 21.7. The summed E-state index contributed by atoms with van der Waals surface area (Å²) in [7, 11) is -3.91. The molecule has 2 heterocycles. The number of benzene rings is 1. The van der Waals surface area contributed by atoms with Crippen molar-refractivity contribution in [3.8, 4) is 0 Å². The van der Waals surface area contributed by atoms with Crippen LogP contribution >= 0.6 is 22.9 Å². The van der Waals surface area contributed by atoms with Crippen molar-refractivity contribution in [1.29, 1.82) is 0 Å². The number of sulfonamides is 1. The third-order valence-corrected chi connectivity index (χ3v) is 8.32. The van der Waals surface area contributed by atoms with Gasteiger partial charge in [-0.1, -0.05) is 11.6 Å². The molecule has 0 radical (unpaired) electrons. The minimum Gasteiger partial charge on any atom is -0.355 e. The Balaban J connectivity index is 1.97. The molecule has 1 fully saturated rings. The van der Waals surface area contributed by atoms with E-state index in [9.17, 15) is 13.2 Å². The SMILES string of the molecule is CCN(CC)c1ncc(CN([C@@H]2CCCCNC2=O)S(=O)(=O)c2ccc(Cl)cc2)s1. The summed E-state index contributed by atoms with van der Waals surface area (Å²) in [5, 5.41) is 4.16. The first-order chi connectivity index (χ1) is 14.4. The monoisotopic (exact) mass is 470 g/mol. The molecule has 1 N–H and O–H groups in total. The van der Waals surface area contributed by atoms with Crippen molar-refractivity contribution in [2.24, 2.45) is 0 Å². The van der Waals surface area contributed by atoms with Crippen molar-refractivity contribution in [1.82, 2.24) is 14.6 Å². The molecule has 3 rings (SSSR count). The van der Waals surface area contributed by atoms with Crippen molar-refractivity contribution in [2.75, 3.05) is 24.5 Å². The second kappa shape index (κ2) is 10.1. The van der Waals surface area contributed by atoms with E-state index in [0.29, 0.717) is 18.0 Å². The number of nitrogens with one attached hydrogen (secondary N) is 1. The lowest BCUT2D eigenvalue weighted by Crippen LogP contribution is -2.48. The maximum absolute atomic E-state index is 13.5. The Labute approximate surface area is 187 Å². The lowest BCUT2D eigenvalue weighted by Gasteiger charge is -2.28. The Bertz CT molecular complexity index is 959. The largest absolute Gasteiger partial charge is 0.355 e. The smallest absolute Gasteiger partial charge is 0.244 e. The van der Waals surface area contributed by atoms with E-state index in [-0.39, 0.29) is 17.3 Å². The van der Waals surface area contributed by atoms with Crippen LogP contribution in [0.25, 0.3) is 0 Å². The number of halogens is 1. The predicted octanol–water partition coefficient (Wildman–Crippen LogP) is 3.50. The first kappa shape index (κ1) is 23.0. The second-order valence-electron chi connectivity index (χ2n) is 7.09. The average Bonchev–Trinajstić information content (AvgIpc) is 3.08. The van der Waals surface area contributed by atoms with Crippen LogP contribution in [-0.2, 0) is 21.4 Å². The summed E-state index contributed by atoms with van der Waals surface area (Å²) in [5.41, 5.74) is 0. The van der Waals surface area contributed by atoms with E-state index in [1.54, 1.807) is 18.3 Å². The minimum absolute atomic E-state index is 0.0992. The topological polar surface area (TPSA) is 82.6 Å². The molecule has 1 aliphatic rings. The molecule has 1 aliphatic heterocycles. The zero-order valence-electron chi connectivity index (χ0n) is 17.2. The van der Waals surface area contributed by atoms with Gasteiger partial charge in [0, 0.05) is 35.7 Å². The molecule has 1 aromatic heterocycles. The quantitative estimate of drug-likeness (QED) is 0.638. The highest BCUT2D eigenvalue weighted by molar-refractivity contribution is 7.89. The number of hydrogen-bond acceptors (Lipinski definition) is 6. The molecule has 0 saturated carbocycles. The van der Waals surface area contributed by atoms with Gasteiger partial charge in [-0.3, -0.25) is 4.79 Å². The maximum Gasteiger partial charge on any atom is 0.244 e. The third-order valence-electron chi connectivity index (χ3n) is 5.16. The third kappa shape index (κ3) is 5.14. The second-order valence-corrected chi connectivity index (χ2v) is 10.5. The van der Waals surface area contributed by atoms with Crippen molar-refractivity contribution < 1.29 is 13.2 Å². The van der Waals surface area contributed by atoms with Crippen LogP contribution in [0.3, 0.4) is 0 Å². The number of carbonyl (C=O) groups is 1. The molecule has 10 heteroatoms. The Morgan fingerprint density at radius 3 is 2.57 bits per heavy atom. The van der Waals surface area contributed by atoms with E-state index in [0.717, 1.165) is 35.9 Å². The number of nitrogens with zero attached hydrogens (tertiary/aromatic N) is 3. The lowest BCUT2D eigenvalue weighted by molar-refractivity contribution is -0.124. The lowest BCUT2D eigenvalue weighted by atomic mass is 10.1. The van der Waals surface area contributed by atoms with E-state index >= 15 is 0 Å². The molecule has 0 bridgehead atoms.